The standard InChI is InChI=1S/C21H20ClN5O2S/c1-14-16(9-26(2)25-14)10-27-11-18(8-23-27)24-21(28)20-6-15(13-30-20)12-29-19-5-3-4-17(22)7-19/h3-9,11,13H,10,12H2,1-2H3,(H,24,28). The van der Waals surface area contributed by atoms with Gasteiger partial charge >= 0.3 is 0 Å². The molecule has 0 aliphatic carbocycles. The van der Waals surface area contributed by atoms with Gasteiger partial charge in [-0.1, -0.05) is 17.7 Å². The number of aromatic nitrogens is 4. The molecule has 0 fully saturated rings. The number of thiophene rings is 1. The van der Waals surface area contributed by atoms with Crippen LogP contribution in [0.3, 0.4) is 0 Å². The van der Waals surface area contributed by atoms with E-state index in [1.54, 1.807) is 33.9 Å². The van der Waals surface area contributed by atoms with Crippen molar-refractivity contribution >= 4 is 34.5 Å². The van der Waals surface area contributed by atoms with Crippen molar-refractivity contribution in [1.82, 2.24) is 19.6 Å². The van der Waals surface area contributed by atoms with Crippen LogP contribution in [0, 0.1) is 6.92 Å². The molecule has 0 aliphatic rings. The largest absolute Gasteiger partial charge is 0.489 e. The van der Waals surface area contributed by atoms with Gasteiger partial charge in [-0.3, -0.25) is 14.2 Å². The summed E-state index contributed by atoms with van der Waals surface area (Å²) in [5, 5.41) is 14.1. The number of carbonyl (C=O) groups is 1. The zero-order valence-corrected chi connectivity index (χ0v) is 18.1. The van der Waals surface area contributed by atoms with E-state index in [1.165, 1.54) is 11.3 Å². The van der Waals surface area contributed by atoms with Crippen LogP contribution in [0.5, 0.6) is 5.75 Å². The van der Waals surface area contributed by atoms with Crippen LogP contribution >= 0.6 is 22.9 Å². The van der Waals surface area contributed by atoms with Gasteiger partial charge in [0.05, 0.1) is 29.0 Å². The van der Waals surface area contributed by atoms with Crippen molar-refractivity contribution in [3.63, 3.8) is 0 Å². The van der Waals surface area contributed by atoms with E-state index < -0.39 is 0 Å². The Morgan fingerprint density at radius 1 is 1.30 bits per heavy atom. The molecule has 30 heavy (non-hydrogen) atoms. The van der Waals surface area contributed by atoms with Crippen LogP contribution in [-0.4, -0.2) is 25.5 Å². The maximum Gasteiger partial charge on any atom is 0.265 e. The second-order valence-corrected chi connectivity index (χ2v) is 8.21. The average Bonchev–Trinajstić information content (AvgIpc) is 3.42. The summed E-state index contributed by atoms with van der Waals surface area (Å²) in [6.45, 7) is 2.93. The third-order valence-electron chi connectivity index (χ3n) is 4.42. The lowest BCUT2D eigenvalue weighted by Crippen LogP contribution is -2.09. The number of nitrogens with zero attached hydrogens (tertiary/aromatic N) is 4. The number of carbonyl (C=O) groups excluding carboxylic acids is 1. The summed E-state index contributed by atoms with van der Waals surface area (Å²) in [7, 11) is 1.89. The Bertz CT molecular complexity index is 1180. The van der Waals surface area contributed by atoms with E-state index in [2.05, 4.69) is 15.5 Å². The van der Waals surface area contributed by atoms with Gasteiger partial charge in [-0.05, 0) is 36.6 Å². The van der Waals surface area contributed by atoms with Gasteiger partial charge in [0.2, 0.25) is 0 Å². The van der Waals surface area contributed by atoms with Crippen LogP contribution in [0.4, 0.5) is 5.69 Å². The molecule has 154 valence electrons. The lowest BCUT2D eigenvalue weighted by molar-refractivity contribution is 0.103. The summed E-state index contributed by atoms with van der Waals surface area (Å²) < 4.78 is 9.28. The smallest absolute Gasteiger partial charge is 0.265 e. The maximum absolute atomic E-state index is 12.6. The molecule has 1 N–H and O–H groups in total. The number of halogens is 1. The van der Waals surface area contributed by atoms with Crippen LogP contribution in [0.25, 0.3) is 0 Å². The Kier molecular flexibility index (Phi) is 5.87. The van der Waals surface area contributed by atoms with Crippen molar-refractivity contribution in [2.24, 2.45) is 7.05 Å². The Balaban J connectivity index is 1.34. The molecule has 4 aromatic rings. The van der Waals surface area contributed by atoms with E-state index in [0.717, 1.165) is 16.8 Å². The number of aryl methyl sites for hydroxylation is 2. The lowest BCUT2D eigenvalue weighted by Gasteiger charge is -2.04. The molecule has 0 spiro atoms. The van der Waals surface area contributed by atoms with Gasteiger partial charge in [0.15, 0.2) is 0 Å². The van der Waals surface area contributed by atoms with E-state index >= 15 is 0 Å². The molecule has 1 aromatic carbocycles. The summed E-state index contributed by atoms with van der Waals surface area (Å²) in [5.41, 5.74) is 3.62. The summed E-state index contributed by atoms with van der Waals surface area (Å²) in [5.74, 6) is 0.516. The topological polar surface area (TPSA) is 74.0 Å². The highest BCUT2D eigenvalue weighted by atomic mass is 35.5. The SMILES string of the molecule is Cc1nn(C)cc1Cn1cc(NC(=O)c2cc(COc3cccc(Cl)c3)cs2)cn1. The summed E-state index contributed by atoms with van der Waals surface area (Å²) in [4.78, 5) is 13.2. The number of anilines is 1. The third kappa shape index (κ3) is 4.90. The zero-order valence-electron chi connectivity index (χ0n) is 16.5. The quantitative estimate of drug-likeness (QED) is 0.457. The molecule has 0 atom stereocenters. The van der Waals surface area contributed by atoms with Crippen LogP contribution in [0.15, 0.2) is 54.3 Å². The molecule has 0 unspecified atom stereocenters. The highest BCUT2D eigenvalue weighted by Crippen LogP contribution is 2.21. The summed E-state index contributed by atoms with van der Waals surface area (Å²) >= 11 is 7.34. The molecule has 0 saturated heterocycles. The van der Waals surface area contributed by atoms with E-state index in [-0.39, 0.29) is 5.91 Å². The molecular weight excluding hydrogens is 422 g/mol. The van der Waals surface area contributed by atoms with E-state index in [9.17, 15) is 4.79 Å². The maximum atomic E-state index is 12.6. The van der Waals surface area contributed by atoms with Crippen molar-refractivity contribution in [3.8, 4) is 5.75 Å². The fourth-order valence-electron chi connectivity index (χ4n) is 2.98. The molecule has 3 heterocycles. The first-order chi connectivity index (χ1) is 14.5. The Hall–Kier alpha value is -3.10. The van der Waals surface area contributed by atoms with E-state index in [4.69, 9.17) is 16.3 Å². The number of rotatable bonds is 7. The first kappa shape index (κ1) is 20.2. The molecule has 0 bridgehead atoms. The number of amides is 1. The summed E-state index contributed by atoms with van der Waals surface area (Å²) in [6, 6.07) is 9.05. The predicted molar refractivity (Wildman–Crippen MR) is 117 cm³/mol. The minimum Gasteiger partial charge on any atom is -0.489 e. The van der Waals surface area contributed by atoms with Gasteiger partial charge in [0.1, 0.15) is 12.4 Å². The fraction of sp³-hybridized carbons (Fsp3) is 0.190. The molecule has 0 saturated carbocycles. The number of nitrogens with one attached hydrogen (secondary N) is 1. The molecule has 4 rings (SSSR count). The Morgan fingerprint density at radius 2 is 2.17 bits per heavy atom. The second-order valence-electron chi connectivity index (χ2n) is 6.86. The highest BCUT2D eigenvalue weighted by Gasteiger charge is 2.12. The summed E-state index contributed by atoms with van der Waals surface area (Å²) in [6.07, 6.45) is 5.41. The van der Waals surface area contributed by atoms with Crippen LogP contribution in [-0.2, 0) is 20.2 Å². The van der Waals surface area contributed by atoms with Crippen molar-refractivity contribution < 1.29 is 9.53 Å². The monoisotopic (exact) mass is 441 g/mol. The first-order valence-corrected chi connectivity index (χ1v) is 10.5. The molecule has 7 nitrogen and oxygen atoms in total. The van der Waals surface area contributed by atoms with Gasteiger partial charge in [0.25, 0.3) is 5.91 Å². The second kappa shape index (κ2) is 8.73. The number of hydrogen-bond acceptors (Lipinski definition) is 5. The van der Waals surface area contributed by atoms with Crippen LogP contribution < -0.4 is 10.1 Å². The Morgan fingerprint density at radius 3 is 2.93 bits per heavy atom. The van der Waals surface area contributed by atoms with Gasteiger partial charge in [-0.25, -0.2) is 0 Å². The first-order valence-electron chi connectivity index (χ1n) is 9.25. The van der Waals surface area contributed by atoms with Crippen molar-refractivity contribution in [2.75, 3.05) is 5.32 Å². The van der Waals surface area contributed by atoms with Gasteiger partial charge in [-0.2, -0.15) is 10.2 Å². The minimum absolute atomic E-state index is 0.175. The van der Waals surface area contributed by atoms with E-state index in [0.29, 0.717) is 34.5 Å². The Labute approximate surface area is 182 Å². The molecule has 0 aliphatic heterocycles. The van der Waals surface area contributed by atoms with Crippen molar-refractivity contribution in [2.45, 2.75) is 20.1 Å². The lowest BCUT2D eigenvalue weighted by atomic mass is 10.3. The number of hydrogen-bond donors (Lipinski definition) is 1. The zero-order chi connectivity index (χ0) is 21.1. The highest BCUT2D eigenvalue weighted by molar-refractivity contribution is 7.12. The van der Waals surface area contributed by atoms with E-state index in [1.807, 2.05) is 43.7 Å². The molecule has 3 aromatic heterocycles. The third-order valence-corrected chi connectivity index (χ3v) is 5.63. The van der Waals surface area contributed by atoms with Gasteiger partial charge in [0, 0.05) is 35.6 Å². The number of benzene rings is 1. The van der Waals surface area contributed by atoms with Crippen molar-refractivity contribution in [1.29, 1.82) is 0 Å². The van der Waals surface area contributed by atoms with Gasteiger partial charge in [-0.15, -0.1) is 11.3 Å². The normalized spacial score (nSPS) is 10.9. The molecular formula is C21H20ClN5O2S. The van der Waals surface area contributed by atoms with Crippen LogP contribution in [0.2, 0.25) is 5.02 Å². The average molecular weight is 442 g/mol. The number of ether oxygens (including phenoxy) is 1. The fourth-order valence-corrected chi connectivity index (χ4v) is 3.95. The predicted octanol–water partition coefficient (Wildman–Crippen LogP) is 4.52. The van der Waals surface area contributed by atoms with Crippen molar-refractivity contribution in [3.05, 3.63) is 81.0 Å². The molecule has 9 heteroatoms. The van der Waals surface area contributed by atoms with Gasteiger partial charge < -0.3 is 10.1 Å². The molecule has 0 radical (unpaired) electrons. The van der Waals surface area contributed by atoms with Crippen LogP contribution in [0.1, 0.15) is 26.5 Å². The minimum atomic E-state index is -0.175. The molecule has 1 amide bonds.